The van der Waals surface area contributed by atoms with Crippen LogP contribution in [-0.2, 0) is 20.9 Å². The summed E-state index contributed by atoms with van der Waals surface area (Å²) in [6.45, 7) is 6.65. The molecule has 2 atom stereocenters. The molecule has 0 aliphatic carbocycles. The number of carbonyl (C=O) groups excluding carboxylic acids is 2. The molecule has 0 radical (unpaired) electrons. The molecule has 1 fully saturated rings. The summed E-state index contributed by atoms with van der Waals surface area (Å²) in [7, 11) is 0. The van der Waals surface area contributed by atoms with E-state index in [0.29, 0.717) is 19.8 Å². The van der Waals surface area contributed by atoms with E-state index in [1.54, 1.807) is 25.7 Å². The van der Waals surface area contributed by atoms with Crippen LogP contribution in [0.3, 0.4) is 0 Å². The first-order chi connectivity index (χ1) is 13.8. The largest absolute Gasteiger partial charge is 0.444 e. The van der Waals surface area contributed by atoms with Crippen LogP contribution in [0.2, 0.25) is 0 Å². The Kier molecular flexibility index (Phi) is 6.54. The minimum Gasteiger partial charge on any atom is -0.444 e. The second-order valence-corrected chi connectivity index (χ2v) is 8.12. The van der Waals surface area contributed by atoms with Crippen molar-refractivity contribution in [2.75, 3.05) is 13.2 Å². The van der Waals surface area contributed by atoms with E-state index in [2.05, 4.69) is 5.32 Å². The van der Waals surface area contributed by atoms with Crippen LogP contribution in [0.15, 0.2) is 60.7 Å². The third kappa shape index (κ3) is 5.81. The Morgan fingerprint density at radius 2 is 1.72 bits per heavy atom. The molecule has 6 nitrogen and oxygen atoms in total. The molecule has 1 heterocycles. The predicted octanol–water partition coefficient (Wildman–Crippen LogP) is 3.68. The van der Waals surface area contributed by atoms with Gasteiger partial charge in [-0.05, 0) is 31.9 Å². The molecule has 6 heteroatoms. The zero-order chi connectivity index (χ0) is 20.9. The number of nitrogens with zero attached hydrogens (tertiary/aromatic N) is 1. The Bertz CT molecular complexity index is 818. The second kappa shape index (κ2) is 9.09. The Morgan fingerprint density at radius 1 is 1.10 bits per heavy atom. The third-order valence-corrected chi connectivity index (χ3v) is 4.60. The molecule has 2 aromatic carbocycles. The van der Waals surface area contributed by atoms with E-state index in [-0.39, 0.29) is 11.9 Å². The van der Waals surface area contributed by atoms with E-state index in [1.807, 2.05) is 60.7 Å². The van der Waals surface area contributed by atoms with E-state index in [1.165, 1.54) is 0 Å². The molecule has 1 aliphatic heterocycles. The first kappa shape index (κ1) is 20.9. The van der Waals surface area contributed by atoms with Crippen LogP contribution in [0.4, 0.5) is 4.79 Å². The van der Waals surface area contributed by atoms with Crippen LogP contribution in [0.25, 0.3) is 0 Å². The van der Waals surface area contributed by atoms with Crippen molar-refractivity contribution in [1.82, 2.24) is 10.2 Å². The predicted molar refractivity (Wildman–Crippen MR) is 110 cm³/mol. The molecule has 1 saturated heterocycles. The van der Waals surface area contributed by atoms with Gasteiger partial charge in [-0.15, -0.1) is 0 Å². The molecule has 29 heavy (non-hydrogen) atoms. The van der Waals surface area contributed by atoms with Gasteiger partial charge >= 0.3 is 6.09 Å². The topological polar surface area (TPSA) is 67.9 Å². The summed E-state index contributed by atoms with van der Waals surface area (Å²) in [6.07, 6.45) is -0.577. The minimum atomic E-state index is -0.603. The van der Waals surface area contributed by atoms with Gasteiger partial charge in [0.05, 0.1) is 25.8 Å². The molecule has 2 aromatic rings. The van der Waals surface area contributed by atoms with Gasteiger partial charge in [0, 0.05) is 0 Å². The number of rotatable bonds is 7. The average molecular weight is 396 g/mol. The average Bonchev–Trinajstić information content (AvgIpc) is 2.69. The summed E-state index contributed by atoms with van der Waals surface area (Å²) in [5, 5.41) is 2.65. The van der Waals surface area contributed by atoms with Crippen molar-refractivity contribution in [2.24, 2.45) is 0 Å². The molecule has 2 amide bonds. The van der Waals surface area contributed by atoms with Crippen molar-refractivity contribution >= 4 is 12.0 Å². The molecular formula is C23H28N2O4. The van der Waals surface area contributed by atoms with Crippen molar-refractivity contribution in [3.8, 4) is 0 Å². The standard InChI is InChI=1S/C23H28N2O4/c1-23(2,3)29-22(27)24-19-14-25(21(19)26)20(18-12-8-5-9-13-18)16-28-15-17-10-6-4-7-11-17/h4-13,19-20H,14-16H2,1-3H3,(H,24,27)/t19-,20+/m0/s1. The van der Waals surface area contributed by atoms with Crippen molar-refractivity contribution in [2.45, 2.75) is 45.1 Å². The number of amides is 2. The number of ether oxygens (including phenoxy) is 2. The second-order valence-electron chi connectivity index (χ2n) is 8.12. The van der Waals surface area contributed by atoms with Crippen LogP contribution >= 0.6 is 0 Å². The number of β-lactam (4-membered cyclic amide) rings is 1. The molecule has 0 bridgehead atoms. The highest BCUT2D eigenvalue weighted by atomic mass is 16.6. The van der Waals surface area contributed by atoms with E-state index < -0.39 is 17.7 Å². The molecule has 0 spiro atoms. The van der Waals surface area contributed by atoms with Crippen LogP contribution in [0.5, 0.6) is 0 Å². The lowest BCUT2D eigenvalue weighted by Gasteiger charge is -2.43. The van der Waals surface area contributed by atoms with E-state index in [4.69, 9.17) is 9.47 Å². The number of hydrogen-bond acceptors (Lipinski definition) is 4. The van der Waals surface area contributed by atoms with Crippen molar-refractivity contribution in [3.63, 3.8) is 0 Å². The molecule has 154 valence electrons. The van der Waals surface area contributed by atoms with Gasteiger partial charge in [0.25, 0.3) is 0 Å². The van der Waals surface area contributed by atoms with E-state index in [9.17, 15) is 9.59 Å². The Balaban J connectivity index is 1.60. The monoisotopic (exact) mass is 396 g/mol. The summed E-state index contributed by atoms with van der Waals surface area (Å²) < 4.78 is 11.2. The maximum atomic E-state index is 12.7. The van der Waals surface area contributed by atoms with Gasteiger partial charge in [0.1, 0.15) is 11.6 Å². The molecule has 0 saturated carbocycles. The van der Waals surface area contributed by atoms with Gasteiger partial charge < -0.3 is 19.7 Å². The van der Waals surface area contributed by atoms with Crippen molar-refractivity contribution in [3.05, 3.63) is 71.8 Å². The summed E-state index contributed by atoms with van der Waals surface area (Å²) in [5.74, 6) is -0.131. The maximum Gasteiger partial charge on any atom is 0.408 e. The lowest BCUT2D eigenvalue weighted by molar-refractivity contribution is -0.149. The number of likely N-dealkylation sites (tertiary alicyclic amines) is 1. The summed E-state index contributed by atoms with van der Waals surface area (Å²) in [5.41, 5.74) is 1.48. The lowest BCUT2D eigenvalue weighted by atomic mass is 9.99. The highest BCUT2D eigenvalue weighted by molar-refractivity contribution is 5.91. The van der Waals surface area contributed by atoms with Crippen LogP contribution in [-0.4, -0.2) is 41.7 Å². The smallest absolute Gasteiger partial charge is 0.408 e. The van der Waals surface area contributed by atoms with Crippen molar-refractivity contribution < 1.29 is 19.1 Å². The normalized spacial score (nSPS) is 17.4. The number of alkyl carbamates (subject to hydrolysis) is 1. The molecule has 0 aromatic heterocycles. The Labute approximate surface area is 171 Å². The summed E-state index contributed by atoms with van der Waals surface area (Å²) >= 11 is 0. The van der Waals surface area contributed by atoms with E-state index >= 15 is 0 Å². The van der Waals surface area contributed by atoms with Gasteiger partial charge in [0.15, 0.2) is 0 Å². The van der Waals surface area contributed by atoms with Crippen LogP contribution < -0.4 is 5.32 Å². The fourth-order valence-electron chi connectivity index (χ4n) is 3.19. The zero-order valence-corrected chi connectivity index (χ0v) is 17.1. The minimum absolute atomic E-state index is 0.131. The van der Waals surface area contributed by atoms with Crippen molar-refractivity contribution in [1.29, 1.82) is 0 Å². The molecule has 1 N–H and O–H groups in total. The number of carbonyl (C=O) groups is 2. The maximum absolute atomic E-state index is 12.7. The Hall–Kier alpha value is -2.86. The van der Waals surface area contributed by atoms with Crippen LogP contribution in [0.1, 0.15) is 37.9 Å². The van der Waals surface area contributed by atoms with Gasteiger partial charge in [-0.2, -0.15) is 0 Å². The van der Waals surface area contributed by atoms with Gasteiger partial charge in [-0.3, -0.25) is 4.79 Å². The summed E-state index contributed by atoms with van der Waals surface area (Å²) in [4.78, 5) is 26.4. The summed E-state index contributed by atoms with van der Waals surface area (Å²) in [6, 6.07) is 19.0. The number of hydrogen-bond donors (Lipinski definition) is 1. The first-order valence-electron chi connectivity index (χ1n) is 9.80. The van der Waals surface area contributed by atoms with Gasteiger partial charge in [-0.25, -0.2) is 4.79 Å². The molecular weight excluding hydrogens is 368 g/mol. The SMILES string of the molecule is CC(C)(C)OC(=O)N[C@H]1CN([C@H](COCc2ccccc2)c2ccccc2)C1=O. The van der Waals surface area contributed by atoms with Gasteiger partial charge in [-0.1, -0.05) is 60.7 Å². The van der Waals surface area contributed by atoms with E-state index in [0.717, 1.165) is 11.1 Å². The highest BCUT2D eigenvalue weighted by Crippen LogP contribution is 2.28. The van der Waals surface area contributed by atoms with Crippen LogP contribution in [0, 0.1) is 0 Å². The van der Waals surface area contributed by atoms with Gasteiger partial charge in [0.2, 0.25) is 5.91 Å². The zero-order valence-electron chi connectivity index (χ0n) is 17.1. The number of nitrogens with one attached hydrogen (secondary N) is 1. The third-order valence-electron chi connectivity index (χ3n) is 4.60. The molecule has 3 rings (SSSR count). The quantitative estimate of drug-likeness (QED) is 0.725. The fourth-order valence-corrected chi connectivity index (χ4v) is 3.19. The Morgan fingerprint density at radius 3 is 2.31 bits per heavy atom. The first-order valence-corrected chi connectivity index (χ1v) is 9.80. The molecule has 1 aliphatic rings. The lowest BCUT2D eigenvalue weighted by Crippen LogP contribution is -2.65. The molecule has 0 unspecified atom stereocenters. The number of benzene rings is 2. The highest BCUT2D eigenvalue weighted by Gasteiger charge is 2.42. The fraction of sp³-hybridized carbons (Fsp3) is 0.391.